The molecule has 2 fully saturated rings. The van der Waals surface area contributed by atoms with Gasteiger partial charge in [0, 0.05) is 48.1 Å². The maximum Gasteiger partial charge on any atom is 0.234 e. The van der Waals surface area contributed by atoms with Crippen LogP contribution in [0.15, 0.2) is 48.5 Å². The van der Waals surface area contributed by atoms with Crippen LogP contribution in [0.4, 0.5) is 11.4 Å². The molecular formula is C40H48N2O4. The molecular weight excluding hydrogens is 572 g/mol. The zero-order valence-electron chi connectivity index (χ0n) is 28.7. The number of hydrogen-bond donors (Lipinski definition) is 1. The highest BCUT2D eigenvalue weighted by Gasteiger charge is 2.37. The Bertz CT molecular complexity index is 1670. The van der Waals surface area contributed by atoms with Gasteiger partial charge in [-0.05, 0) is 70.7 Å². The lowest BCUT2D eigenvalue weighted by Gasteiger charge is -2.32. The predicted octanol–water partition coefficient (Wildman–Crippen LogP) is 7.91. The minimum atomic E-state index is -0.301. The lowest BCUT2D eigenvalue weighted by atomic mass is 9.73. The third-order valence-corrected chi connectivity index (χ3v) is 10.3. The van der Waals surface area contributed by atoms with E-state index in [2.05, 4.69) is 102 Å². The molecule has 0 radical (unpaired) electrons. The van der Waals surface area contributed by atoms with Gasteiger partial charge >= 0.3 is 0 Å². The Morgan fingerprint density at radius 3 is 1.61 bits per heavy atom. The van der Waals surface area contributed by atoms with Crippen molar-refractivity contribution in [1.82, 2.24) is 0 Å². The minimum absolute atomic E-state index is 0.0939. The predicted molar refractivity (Wildman–Crippen MR) is 185 cm³/mol. The molecule has 1 N–H and O–H groups in total. The second kappa shape index (κ2) is 12.6. The van der Waals surface area contributed by atoms with Gasteiger partial charge in [0.1, 0.15) is 5.78 Å². The number of benzene rings is 3. The number of anilines is 2. The number of ketones is 1. The highest BCUT2D eigenvalue weighted by Crippen LogP contribution is 2.41. The molecule has 3 amide bonds. The molecule has 2 aliphatic rings. The van der Waals surface area contributed by atoms with Gasteiger partial charge in [-0.3, -0.25) is 19.2 Å². The number of aryl methyl sites for hydroxylation is 4. The summed E-state index contributed by atoms with van der Waals surface area (Å²) in [6, 6.07) is 17.6. The second-order valence-corrected chi connectivity index (χ2v) is 14.1. The van der Waals surface area contributed by atoms with E-state index in [1.165, 1.54) is 27.2 Å². The summed E-state index contributed by atoms with van der Waals surface area (Å²) in [4.78, 5) is 50.8. The molecule has 46 heavy (non-hydrogen) atoms. The normalized spacial score (nSPS) is 16.7. The van der Waals surface area contributed by atoms with E-state index in [4.69, 9.17) is 0 Å². The van der Waals surface area contributed by atoms with Crippen molar-refractivity contribution in [2.75, 3.05) is 10.2 Å². The van der Waals surface area contributed by atoms with Crippen molar-refractivity contribution in [3.8, 4) is 0 Å². The van der Waals surface area contributed by atoms with Crippen molar-refractivity contribution in [3.05, 3.63) is 93.0 Å². The number of imide groups is 1. The van der Waals surface area contributed by atoms with Crippen molar-refractivity contribution in [3.63, 3.8) is 0 Å². The molecule has 1 saturated carbocycles. The highest BCUT2D eigenvalue weighted by molar-refractivity contribution is 6.20. The van der Waals surface area contributed by atoms with Gasteiger partial charge in [0.05, 0.1) is 5.69 Å². The fourth-order valence-corrected chi connectivity index (χ4v) is 6.87. The van der Waals surface area contributed by atoms with Crippen LogP contribution >= 0.6 is 0 Å². The maximum absolute atomic E-state index is 12.7. The topological polar surface area (TPSA) is 83.6 Å². The molecule has 0 spiro atoms. The summed E-state index contributed by atoms with van der Waals surface area (Å²) in [5, 5.41) is 3.09. The summed E-state index contributed by atoms with van der Waals surface area (Å²) >= 11 is 0. The molecule has 3 aromatic rings. The number of rotatable bonds is 11. The standard InChI is InChI=1S/C40H48N2O4/c1-9-25-19-31(18-24(4)37(25)41-34(44)23-28-22-33(28)43)39(5,6)29-12-14-30(15-13-29)40(7,8)32-20-26(10-2)38(27(11-3)21-32)42-35(45)16-17-36(42)46/h12-15,18-21,28H,9-11,16-17,22-23H2,1-8H3,(H,41,44). The zero-order valence-corrected chi connectivity index (χ0v) is 28.7. The van der Waals surface area contributed by atoms with Crippen molar-refractivity contribution in [2.45, 2.75) is 111 Å². The first-order valence-corrected chi connectivity index (χ1v) is 16.8. The van der Waals surface area contributed by atoms with Crippen LogP contribution in [0.2, 0.25) is 0 Å². The Morgan fingerprint density at radius 2 is 1.17 bits per heavy atom. The summed E-state index contributed by atoms with van der Waals surface area (Å²) in [5.74, 6) is -0.234. The Labute approximate surface area is 274 Å². The average molecular weight is 621 g/mol. The van der Waals surface area contributed by atoms with E-state index < -0.39 is 0 Å². The number of nitrogens with zero attached hydrogens (tertiary/aromatic N) is 1. The largest absolute Gasteiger partial charge is 0.326 e. The van der Waals surface area contributed by atoms with E-state index in [1.54, 1.807) is 0 Å². The summed E-state index contributed by atoms with van der Waals surface area (Å²) in [5.41, 5.74) is 10.0. The van der Waals surface area contributed by atoms with Gasteiger partial charge in [0.25, 0.3) is 0 Å². The van der Waals surface area contributed by atoms with Crippen LogP contribution in [0.5, 0.6) is 0 Å². The van der Waals surface area contributed by atoms with E-state index in [0.29, 0.717) is 6.42 Å². The molecule has 1 unspecified atom stereocenters. The van der Waals surface area contributed by atoms with Gasteiger partial charge in [-0.2, -0.15) is 0 Å². The van der Waals surface area contributed by atoms with Crippen molar-refractivity contribution >= 4 is 34.9 Å². The van der Waals surface area contributed by atoms with Crippen LogP contribution in [0.1, 0.15) is 119 Å². The molecule has 1 aliphatic carbocycles. The molecule has 1 atom stereocenters. The van der Waals surface area contributed by atoms with Gasteiger partial charge in [0.2, 0.25) is 17.7 Å². The number of nitrogens with one attached hydrogen (secondary N) is 1. The molecule has 1 aliphatic heterocycles. The van der Waals surface area contributed by atoms with Crippen molar-refractivity contribution in [1.29, 1.82) is 0 Å². The molecule has 6 heteroatoms. The Kier molecular flexibility index (Phi) is 9.14. The summed E-state index contributed by atoms with van der Waals surface area (Å²) in [6.45, 7) is 17.2. The van der Waals surface area contributed by atoms with Crippen molar-refractivity contribution < 1.29 is 19.2 Å². The number of Topliss-reactive ketones (excluding diaryl/α,β-unsaturated/α-hetero) is 1. The Balaban J connectivity index is 1.43. The van der Waals surface area contributed by atoms with Gasteiger partial charge < -0.3 is 5.32 Å². The lowest BCUT2D eigenvalue weighted by molar-refractivity contribution is -0.121. The summed E-state index contributed by atoms with van der Waals surface area (Å²) in [7, 11) is 0. The van der Waals surface area contributed by atoms with E-state index in [0.717, 1.165) is 52.9 Å². The Hall–Kier alpha value is -4.06. The molecule has 6 nitrogen and oxygen atoms in total. The second-order valence-electron chi connectivity index (χ2n) is 14.1. The molecule has 1 heterocycles. The third-order valence-electron chi connectivity index (χ3n) is 10.3. The molecule has 1 saturated heterocycles. The van der Waals surface area contributed by atoms with Gasteiger partial charge in [-0.15, -0.1) is 0 Å². The number of hydrogen-bond acceptors (Lipinski definition) is 4. The lowest BCUT2D eigenvalue weighted by Crippen LogP contribution is -2.31. The van der Waals surface area contributed by atoms with Crippen LogP contribution in [0, 0.1) is 12.8 Å². The fraction of sp³-hybridized carbons (Fsp3) is 0.450. The number of carbonyl (C=O) groups is 4. The van der Waals surface area contributed by atoms with Crippen LogP contribution < -0.4 is 10.2 Å². The maximum atomic E-state index is 12.7. The third kappa shape index (κ3) is 6.19. The van der Waals surface area contributed by atoms with E-state index >= 15 is 0 Å². The van der Waals surface area contributed by atoms with E-state index in [1.807, 2.05) is 6.92 Å². The SMILES string of the molecule is CCc1cc(C(C)(C)c2ccc(C(C)(C)c3cc(CC)c(N4C(=O)CCC4=O)c(CC)c3)cc2)cc(C)c1NC(=O)CC1CC1=O. The minimum Gasteiger partial charge on any atom is -0.326 e. The van der Waals surface area contributed by atoms with E-state index in [9.17, 15) is 19.2 Å². The van der Waals surface area contributed by atoms with E-state index in [-0.39, 0.29) is 59.5 Å². The van der Waals surface area contributed by atoms with Crippen LogP contribution in [-0.4, -0.2) is 23.5 Å². The van der Waals surface area contributed by atoms with Crippen LogP contribution in [0.3, 0.4) is 0 Å². The molecule has 242 valence electrons. The monoisotopic (exact) mass is 620 g/mol. The first-order valence-electron chi connectivity index (χ1n) is 16.8. The van der Waals surface area contributed by atoms with Crippen LogP contribution in [0.25, 0.3) is 0 Å². The van der Waals surface area contributed by atoms with Crippen molar-refractivity contribution in [2.24, 2.45) is 5.92 Å². The molecule has 3 aromatic carbocycles. The molecule has 5 rings (SSSR count). The number of amides is 3. The van der Waals surface area contributed by atoms with Gasteiger partial charge in [-0.1, -0.05) is 97.0 Å². The zero-order chi connectivity index (χ0) is 33.6. The first-order chi connectivity index (χ1) is 21.7. The van der Waals surface area contributed by atoms with Gasteiger partial charge in [-0.25, -0.2) is 4.90 Å². The Morgan fingerprint density at radius 1 is 0.739 bits per heavy atom. The number of carbonyl (C=O) groups excluding carboxylic acids is 4. The van der Waals surface area contributed by atoms with Crippen LogP contribution in [-0.2, 0) is 49.3 Å². The fourth-order valence-electron chi connectivity index (χ4n) is 6.87. The highest BCUT2D eigenvalue weighted by atomic mass is 16.2. The first kappa shape index (κ1) is 33.3. The molecule has 0 aromatic heterocycles. The summed E-state index contributed by atoms with van der Waals surface area (Å²) in [6.07, 6.45) is 3.60. The smallest absolute Gasteiger partial charge is 0.234 e. The van der Waals surface area contributed by atoms with Gasteiger partial charge in [0.15, 0.2) is 0 Å². The quantitative estimate of drug-likeness (QED) is 0.221. The molecule has 0 bridgehead atoms. The average Bonchev–Trinajstić information content (AvgIpc) is 3.62. The summed E-state index contributed by atoms with van der Waals surface area (Å²) < 4.78 is 0.